The quantitative estimate of drug-likeness (QED) is 0.687. The fraction of sp³-hybridized carbons (Fsp3) is 1.00. The highest BCUT2D eigenvalue weighted by molar-refractivity contribution is 4.80. The molecule has 2 atom stereocenters. The van der Waals surface area contributed by atoms with Gasteiger partial charge >= 0.3 is 0 Å². The molecule has 2 saturated heterocycles. The molecular weight excluding hydrogens is 174 g/mol. The Hall–Kier alpha value is -0.120. The van der Waals surface area contributed by atoms with E-state index < -0.39 is 0 Å². The molecule has 0 aromatic rings. The van der Waals surface area contributed by atoms with Crippen molar-refractivity contribution < 1.29 is 0 Å². The molecule has 2 fully saturated rings. The maximum absolute atomic E-state index is 3.57. The molecule has 0 aliphatic carbocycles. The molecule has 82 valence electrons. The molecule has 0 aromatic heterocycles. The molecule has 2 N–H and O–H groups in total. The van der Waals surface area contributed by atoms with Crippen molar-refractivity contribution in [2.24, 2.45) is 0 Å². The van der Waals surface area contributed by atoms with Crippen molar-refractivity contribution in [2.45, 2.75) is 38.3 Å². The molecule has 14 heavy (non-hydrogen) atoms. The Bertz CT molecular complexity index is 166. The van der Waals surface area contributed by atoms with Crippen molar-refractivity contribution in [1.29, 1.82) is 0 Å². The average Bonchev–Trinajstić information content (AvgIpc) is 2.69. The van der Waals surface area contributed by atoms with Gasteiger partial charge in [0.1, 0.15) is 0 Å². The van der Waals surface area contributed by atoms with Gasteiger partial charge in [0.05, 0.1) is 0 Å². The van der Waals surface area contributed by atoms with E-state index in [1.807, 2.05) is 0 Å². The van der Waals surface area contributed by atoms with Crippen LogP contribution in [0, 0.1) is 0 Å². The lowest BCUT2D eigenvalue weighted by atomic mass is 10.1. The first-order chi connectivity index (χ1) is 6.86. The summed E-state index contributed by atoms with van der Waals surface area (Å²) < 4.78 is 0. The Morgan fingerprint density at radius 2 is 2.29 bits per heavy atom. The minimum atomic E-state index is 0.727. The maximum atomic E-state index is 3.57. The number of nitrogens with zero attached hydrogens (tertiary/aromatic N) is 1. The minimum absolute atomic E-state index is 0.727. The zero-order chi connectivity index (χ0) is 9.80. The van der Waals surface area contributed by atoms with Crippen LogP contribution in [-0.2, 0) is 0 Å². The average molecular weight is 197 g/mol. The van der Waals surface area contributed by atoms with Gasteiger partial charge in [-0.15, -0.1) is 0 Å². The van der Waals surface area contributed by atoms with Crippen LogP contribution in [0.3, 0.4) is 0 Å². The lowest BCUT2D eigenvalue weighted by molar-refractivity contribution is 0.167. The molecule has 2 aliphatic rings. The van der Waals surface area contributed by atoms with Gasteiger partial charge in [-0.3, -0.25) is 4.90 Å². The Morgan fingerprint density at radius 1 is 1.36 bits per heavy atom. The van der Waals surface area contributed by atoms with Crippen LogP contribution in [0.15, 0.2) is 0 Å². The van der Waals surface area contributed by atoms with Crippen molar-refractivity contribution in [3.63, 3.8) is 0 Å². The van der Waals surface area contributed by atoms with Crippen molar-refractivity contribution in [1.82, 2.24) is 15.5 Å². The highest BCUT2D eigenvalue weighted by Gasteiger charge is 2.20. The highest BCUT2D eigenvalue weighted by atomic mass is 15.2. The van der Waals surface area contributed by atoms with Crippen LogP contribution in [0.4, 0.5) is 0 Å². The van der Waals surface area contributed by atoms with E-state index in [1.165, 1.54) is 45.4 Å². The third kappa shape index (κ3) is 2.69. The summed E-state index contributed by atoms with van der Waals surface area (Å²) in [5.74, 6) is 0. The second kappa shape index (κ2) is 5.10. The molecule has 3 heteroatoms. The molecule has 0 radical (unpaired) electrons. The molecular formula is C11H23N3. The summed E-state index contributed by atoms with van der Waals surface area (Å²) in [4.78, 5) is 2.62. The molecule has 2 unspecified atom stereocenters. The smallest absolute Gasteiger partial charge is 0.0192 e. The van der Waals surface area contributed by atoms with Gasteiger partial charge in [0.15, 0.2) is 0 Å². The van der Waals surface area contributed by atoms with E-state index in [4.69, 9.17) is 0 Å². The molecule has 0 aromatic carbocycles. The van der Waals surface area contributed by atoms with E-state index in [0.29, 0.717) is 0 Å². The summed E-state index contributed by atoms with van der Waals surface area (Å²) in [5.41, 5.74) is 0. The number of hydrogen-bond donors (Lipinski definition) is 2. The van der Waals surface area contributed by atoms with Crippen LogP contribution < -0.4 is 10.6 Å². The monoisotopic (exact) mass is 197 g/mol. The van der Waals surface area contributed by atoms with Gasteiger partial charge < -0.3 is 10.6 Å². The number of piperazine rings is 1. The summed E-state index contributed by atoms with van der Waals surface area (Å²) in [6.45, 7) is 8.41. The number of nitrogens with one attached hydrogen (secondary N) is 2. The first kappa shape index (κ1) is 10.4. The van der Waals surface area contributed by atoms with Gasteiger partial charge in [0, 0.05) is 31.7 Å². The van der Waals surface area contributed by atoms with E-state index >= 15 is 0 Å². The third-order valence-electron chi connectivity index (χ3n) is 3.57. The van der Waals surface area contributed by atoms with Crippen molar-refractivity contribution in [3.05, 3.63) is 0 Å². The zero-order valence-electron chi connectivity index (χ0n) is 9.26. The highest BCUT2D eigenvalue weighted by Crippen LogP contribution is 2.11. The van der Waals surface area contributed by atoms with Crippen LogP contribution >= 0.6 is 0 Å². The van der Waals surface area contributed by atoms with Crippen LogP contribution in [0.25, 0.3) is 0 Å². The Morgan fingerprint density at radius 3 is 3.00 bits per heavy atom. The predicted octanol–water partition coefficient (Wildman–Crippen LogP) is 0.422. The normalized spacial score (nSPS) is 34.9. The predicted molar refractivity (Wildman–Crippen MR) is 59.5 cm³/mol. The molecule has 0 spiro atoms. The molecule has 0 saturated carbocycles. The fourth-order valence-electron chi connectivity index (χ4n) is 2.54. The lowest BCUT2D eigenvalue weighted by Gasteiger charge is -2.34. The van der Waals surface area contributed by atoms with Crippen LogP contribution in [0.2, 0.25) is 0 Å². The zero-order valence-corrected chi connectivity index (χ0v) is 9.26. The SMILES string of the molecule is CC1CNCCN1CCC1CCCN1. The largest absolute Gasteiger partial charge is 0.314 e. The maximum Gasteiger partial charge on any atom is 0.0192 e. The van der Waals surface area contributed by atoms with Crippen molar-refractivity contribution in [3.8, 4) is 0 Å². The van der Waals surface area contributed by atoms with Gasteiger partial charge in [-0.05, 0) is 39.3 Å². The fourth-order valence-corrected chi connectivity index (χ4v) is 2.54. The summed E-state index contributed by atoms with van der Waals surface area (Å²) in [6, 6.07) is 1.53. The van der Waals surface area contributed by atoms with E-state index in [0.717, 1.165) is 18.6 Å². The molecule has 2 aliphatic heterocycles. The Balaban J connectivity index is 1.67. The second-order valence-electron chi connectivity index (χ2n) is 4.67. The lowest BCUT2D eigenvalue weighted by Crippen LogP contribution is -2.50. The molecule has 3 nitrogen and oxygen atoms in total. The number of rotatable bonds is 3. The summed E-state index contributed by atoms with van der Waals surface area (Å²) in [6.07, 6.45) is 4.10. The summed E-state index contributed by atoms with van der Waals surface area (Å²) >= 11 is 0. The second-order valence-corrected chi connectivity index (χ2v) is 4.67. The summed E-state index contributed by atoms with van der Waals surface area (Å²) in [5, 5.41) is 7.00. The minimum Gasteiger partial charge on any atom is -0.314 e. The van der Waals surface area contributed by atoms with Crippen molar-refractivity contribution >= 4 is 0 Å². The van der Waals surface area contributed by atoms with E-state index in [-0.39, 0.29) is 0 Å². The third-order valence-corrected chi connectivity index (χ3v) is 3.57. The van der Waals surface area contributed by atoms with Gasteiger partial charge in [0.2, 0.25) is 0 Å². The van der Waals surface area contributed by atoms with Crippen LogP contribution in [0.1, 0.15) is 26.2 Å². The topological polar surface area (TPSA) is 27.3 Å². The Labute approximate surface area is 87.2 Å². The molecule has 2 heterocycles. The van der Waals surface area contributed by atoms with E-state index in [2.05, 4.69) is 22.5 Å². The van der Waals surface area contributed by atoms with Gasteiger partial charge in [0.25, 0.3) is 0 Å². The molecule has 0 bridgehead atoms. The first-order valence-corrected chi connectivity index (χ1v) is 6.04. The van der Waals surface area contributed by atoms with E-state index in [9.17, 15) is 0 Å². The Kier molecular flexibility index (Phi) is 3.79. The van der Waals surface area contributed by atoms with Crippen LogP contribution in [-0.4, -0.2) is 49.7 Å². The van der Waals surface area contributed by atoms with Crippen molar-refractivity contribution in [2.75, 3.05) is 32.7 Å². The van der Waals surface area contributed by atoms with Gasteiger partial charge in [-0.2, -0.15) is 0 Å². The standard InChI is InChI=1S/C11H23N3/c1-10-9-12-6-8-14(10)7-4-11-3-2-5-13-11/h10-13H,2-9H2,1H3. The van der Waals surface area contributed by atoms with E-state index in [1.54, 1.807) is 0 Å². The molecule has 2 rings (SSSR count). The van der Waals surface area contributed by atoms with Crippen LogP contribution in [0.5, 0.6) is 0 Å². The van der Waals surface area contributed by atoms with Gasteiger partial charge in [-0.1, -0.05) is 0 Å². The first-order valence-electron chi connectivity index (χ1n) is 6.04. The summed E-state index contributed by atoms with van der Waals surface area (Å²) in [7, 11) is 0. The molecule has 0 amide bonds. The number of hydrogen-bond acceptors (Lipinski definition) is 3. The van der Waals surface area contributed by atoms with Gasteiger partial charge in [-0.25, -0.2) is 0 Å².